The maximum atomic E-state index is 14.1. The van der Waals surface area contributed by atoms with Gasteiger partial charge in [0.2, 0.25) is 10.0 Å². The van der Waals surface area contributed by atoms with E-state index in [-0.39, 0.29) is 17.9 Å². The Bertz CT molecular complexity index is 1300. The van der Waals surface area contributed by atoms with Crippen LogP contribution in [0, 0.1) is 12.3 Å². The van der Waals surface area contributed by atoms with Crippen molar-refractivity contribution in [2.45, 2.75) is 63.3 Å². The van der Waals surface area contributed by atoms with Gasteiger partial charge in [0.15, 0.2) is 6.04 Å². The Hall–Kier alpha value is -3.00. The fourth-order valence-corrected chi connectivity index (χ4v) is 6.81. The molecule has 7 heteroatoms. The third-order valence-corrected chi connectivity index (χ3v) is 8.72. The second-order valence-corrected chi connectivity index (χ2v) is 12.4. The van der Waals surface area contributed by atoms with Crippen molar-refractivity contribution >= 4 is 16.0 Å². The van der Waals surface area contributed by atoms with Crippen molar-refractivity contribution in [2.24, 2.45) is 5.41 Å². The highest BCUT2D eigenvalue weighted by atomic mass is 32.2. The minimum atomic E-state index is -4.17. The van der Waals surface area contributed by atoms with E-state index in [1.807, 2.05) is 64.1 Å². The summed E-state index contributed by atoms with van der Waals surface area (Å²) in [5.74, 6) is -0.785. The van der Waals surface area contributed by atoms with E-state index >= 15 is 0 Å². The van der Waals surface area contributed by atoms with Crippen LogP contribution in [0.2, 0.25) is 0 Å². The summed E-state index contributed by atoms with van der Waals surface area (Å²) in [5, 5.41) is 12.1. The van der Waals surface area contributed by atoms with Gasteiger partial charge in [-0.2, -0.15) is 4.31 Å². The number of sulfonamides is 1. The Labute approximate surface area is 213 Å². The Kier molecular flexibility index (Phi) is 7.10. The predicted molar refractivity (Wildman–Crippen MR) is 138 cm³/mol. The van der Waals surface area contributed by atoms with Crippen molar-refractivity contribution in [3.63, 3.8) is 0 Å². The van der Waals surface area contributed by atoms with Gasteiger partial charge in [-0.15, -0.1) is 0 Å². The molecule has 3 aromatic carbocycles. The fourth-order valence-electron chi connectivity index (χ4n) is 4.82. The van der Waals surface area contributed by atoms with Crippen molar-refractivity contribution in [1.82, 2.24) is 4.31 Å². The van der Waals surface area contributed by atoms with E-state index in [2.05, 4.69) is 0 Å². The zero-order valence-corrected chi connectivity index (χ0v) is 21.9. The van der Waals surface area contributed by atoms with E-state index in [4.69, 9.17) is 4.74 Å². The molecular formula is C29H33NO5S. The average Bonchev–Trinajstić information content (AvgIpc) is 3.20. The maximum absolute atomic E-state index is 14.1. The largest absolute Gasteiger partial charge is 0.460 e. The number of benzene rings is 3. The van der Waals surface area contributed by atoms with Crippen molar-refractivity contribution in [3.05, 3.63) is 102 Å². The third-order valence-electron chi connectivity index (χ3n) is 6.84. The lowest BCUT2D eigenvalue weighted by Gasteiger charge is -2.36. The molecule has 1 aliphatic heterocycles. The standard InChI is InChI=1S/C29H33NO5S/c1-21-15-17-24(18-16-21)36(33,34)30-25(28(2,3)4)19-29(32,23-13-9-6-10-14-23)26(30)27(31)35-20-22-11-7-5-8-12-22/h5-18,25-26,32H,19-20H2,1-4H3/t25-,26-,29-/m1/s1. The number of nitrogens with zero attached hydrogens (tertiary/aromatic N) is 1. The van der Waals surface area contributed by atoms with Crippen molar-refractivity contribution in [1.29, 1.82) is 0 Å². The summed E-state index contributed by atoms with van der Waals surface area (Å²) in [6.45, 7) is 7.59. The topological polar surface area (TPSA) is 83.9 Å². The number of aryl methyl sites for hydroxylation is 1. The van der Waals surface area contributed by atoms with Gasteiger partial charge >= 0.3 is 5.97 Å². The Morgan fingerprint density at radius 1 is 0.972 bits per heavy atom. The molecule has 0 spiro atoms. The second-order valence-electron chi connectivity index (χ2n) is 10.5. The number of hydrogen-bond acceptors (Lipinski definition) is 5. The molecule has 4 rings (SSSR count). The third kappa shape index (κ3) is 4.96. The molecule has 1 fully saturated rings. The van der Waals surface area contributed by atoms with E-state index in [1.165, 1.54) is 16.4 Å². The first-order chi connectivity index (χ1) is 16.9. The zero-order valence-electron chi connectivity index (χ0n) is 21.1. The highest BCUT2D eigenvalue weighted by molar-refractivity contribution is 7.89. The van der Waals surface area contributed by atoms with Crippen molar-refractivity contribution in [3.8, 4) is 0 Å². The van der Waals surface area contributed by atoms with E-state index in [0.29, 0.717) is 5.56 Å². The Morgan fingerprint density at radius 3 is 2.08 bits per heavy atom. The summed E-state index contributed by atoms with van der Waals surface area (Å²) in [6.07, 6.45) is 0.0523. The lowest BCUT2D eigenvalue weighted by atomic mass is 9.79. The molecule has 36 heavy (non-hydrogen) atoms. The Balaban J connectivity index is 1.85. The molecular weight excluding hydrogens is 474 g/mol. The van der Waals surface area contributed by atoms with Crippen LogP contribution in [0.25, 0.3) is 0 Å². The van der Waals surface area contributed by atoms with Gasteiger partial charge in [0.1, 0.15) is 12.2 Å². The number of rotatable bonds is 6. The molecule has 6 nitrogen and oxygen atoms in total. The Morgan fingerprint density at radius 2 is 1.53 bits per heavy atom. The van der Waals surface area contributed by atoms with Crippen LogP contribution in [0.3, 0.4) is 0 Å². The summed E-state index contributed by atoms with van der Waals surface area (Å²) in [5.41, 5.74) is -0.183. The maximum Gasteiger partial charge on any atom is 0.328 e. The van der Waals surface area contributed by atoms with Gasteiger partial charge in [0, 0.05) is 6.04 Å². The van der Waals surface area contributed by atoms with Gasteiger partial charge in [-0.3, -0.25) is 4.79 Å². The predicted octanol–water partition coefficient (Wildman–Crippen LogP) is 4.80. The number of aliphatic hydroxyl groups is 1. The van der Waals surface area contributed by atoms with E-state index in [0.717, 1.165) is 11.1 Å². The van der Waals surface area contributed by atoms with Gasteiger partial charge in [-0.25, -0.2) is 8.42 Å². The van der Waals surface area contributed by atoms with E-state index < -0.39 is 39.1 Å². The minimum absolute atomic E-state index is 0.0281. The van der Waals surface area contributed by atoms with Crippen LogP contribution < -0.4 is 0 Å². The summed E-state index contributed by atoms with van der Waals surface area (Å²) < 4.78 is 35.1. The molecule has 0 saturated carbocycles. The first-order valence-electron chi connectivity index (χ1n) is 12.0. The van der Waals surface area contributed by atoms with Gasteiger partial charge in [0.05, 0.1) is 4.90 Å². The molecule has 1 N–H and O–H groups in total. The molecule has 0 radical (unpaired) electrons. The normalized spacial score (nSPS) is 22.9. The summed E-state index contributed by atoms with van der Waals surface area (Å²) in [7, 11) is -4.17. The fraction of sp³-hybridized carbons (Fsp3) is 0.345. The molecule has 0 unspecified atom stereocenters. The van der Waals surface area contributed by atoms with Gasteiger partial charge in [0.25, 0.3) is 0 Å². The molecule has 0 bridgehead atoms. The van der Waals surface area contributed by atoms with E-state index in [1.54, 1.807) is 36.4 Å². The van der Waals surface area contributed by atoms with Crippen LogP contribution in [0.15, 0.2) is 89.8 Å². The first kappa shape index (κ1) is 26.1. The molecule has 0 aliphatic carbocycles. The van der Waals surface area contributed by atoms with Crippen LogP contribution in [-0.2, 0) is 31.8 Å². The van der Waals surface area contributed by atoms with Crippen LogP contribution in [-0.4, -0.2) is 35.9 Å². The van der Waals surface area contributed by atoms with Crippen molar-refractivity contribution < 1.29 is 23.1 Å². The van der Waals surface area contributed by atoms with Crippen LogP contribution in [0.4, 0.5) is 0 Å². The molecule has 1 aliphatic rings. The number of hydrogen-bond donors (Lipinski definition) is 1. The lowest BCUT2D eigenvalue weighted by molar-refractivity contribution is -0.156. The summed E-state index contributed by atoms with van der Waals surface area (Å²) in [6, 6.07) is 22.4. The first-order valence-corrected chi connectivity index (χ1v) is 13.5. The van der Waals surface area contributed by atoms with Gasteiger partial charge in [-0.05, 0) is 42.0 Å². The highest BCUT2D eigenvalue weighted by Gasteiger charge is 2.62. The zero-order chi connectivity index (χ0) is 26.1. The monoisotopic (exact) mass is 507 g/mol. The molecule has 1 saturated heterocycles. The number of esters is 1. The number of carbonyl (C=O) groups is 1. The second kappa shape index (κ2) is 9.81. The SMILES string of the molecule is Cc1ccc(S(=O)(=O)N2[C@@H](C(C)(C)C)C[C@@](O)(c3ccccc3)[C@H]2C(=O)OCc2ccccc2)cc1. The van der Waals surface area contributed by atoms with Gasteiger partial charge in [-0.1, -0.05) is 99.1 Å². The van der Waals surface area contributed by atoms with Crippen LogP contribution in [0.1, 0.15) is 43.9 Å². The average molecular weight is 508 g/mol. The van der Waals surface area contributed by atoms with Gasteiger partial charge < -0.3 is 9.84 Å². The molecule has 190 valence electrons. The molecule has 1 heterocycles. The molecule has 0 aromatic heterocycles. The summed E-state index contributed by atoms with van der Waals surface area (Å²) in [4.78, 5) is 13.8. The number of ether oxygens (including phenoxy) is 1. The smallest absolute Gasteiger partial charge is 0.328 e. The van der Waals surface area contributed by atoms with Crippen molar-refractivity contribution in [2.75, 3.05) is 0 Å². The quantitative estimate of drug-likeness (QED) is 0.485. The lowest BCUT2D eigenvalue weighted by Crippen LogP contribution is -2.53. The minimum Gasteiger partial charge on any atom is -0.460 e. The summed E-state index contributed by atoms with van der Waals surface area (Å²) >= 11 is 0. The highest BCUT2D eigenvalue weighted by Crippen LogP contribution is 2.49. The van der Waals surface area contributed by atoms with E-state index in [9.17, 15) is 18.3 Å². The molecule has 0 amide bonds. The molecule has 3 aromatic rings. The molecule has 3 atom stereocenters. The van der Waals surface area contributed by atoms with Crippen LogP contribution in [0.5, 0.6) is 0 Å². The number of carbonyl (C=O) groups excluding carboxylic acids is 1. The van der Waals surface area contributed by atoms with Crippen LogP contribution >= 0.6 is 0 Å².